The summed E-state index contributed by atoms with van der Waals surface area (Å²) in [5.41, 5.74) is 0.879. The molecule has 0 radical (unpaired) electrons. The Kier molecular flexibility index (Phi) is 3.75. The minimum absolute atomic E-state index is 0.287. The summed E-state index contributed by atoms with van der Waals surface area (Å²) in [5, 5.41) is 18.6. The molecule has 1 atom stereocenters. The van der Waals surface area contributed by atoms with Crippen LogP contribution < -0.4 is 0 Å². The number of aryl methyl sites for hydroxylation is 1. The van der Waals surface area contributed by atoms with Crippen LogP contribution in [0.4, 0.5) is 0 Å². The van der Waals surface area contributed by atoms with Crippen molar-refractivity contribution < 1.29 is 10.2 Å². The summed E-state index contributed by atoms with van der Waals surface area (Å²) in [6, 6.07) is 5.41. The highest BCUT2D eigenvalue weighted by molar-refractivity contribution is 9.10. The summed E-state index contributed by atoms with van der Waals surface area (Å²) in [6.07, 6.45) is 1.06. The fourth-order valence-corrected chi connectivity index (χ4v) is 1.46. The number of phenolic OH excluding ortho intramolecular Hbond substituents is 1. The molecular formula is C10H13BrO2. The van der Waals surface area contributed by atoms with Crippen molar-refractivity contribution in [3.8, 4) is 5.75 Å². The van der Waals surface area contributed by atoms with Gasteiger partial charge in [0.05, 0.1) is 6.10 Å². The van der Waals surface area contributed by atoms with Crippen molar-refractivity contribution in [2.24, 2.45) is 0 Å². The van der Waals surface area contributed by atoms with Crippen LogP contribution in [0.15, 0.2) is 22.7 Å². The lowest BCUT2D eigenvalue weighted by Gasteiger charge is -2.06. The Morgan fingerprint density at radius 1 is 1.46 bits per heavy atom. The third kappa shape index (κ3) is 3.36. The molecule has 3 heteroatoms. The Balaban J connectivity index is 2.67. The van der Waals surface area contributed by atoms with Crippen LogP contribution in [0.25, 0.3) is 0 Å². The second kappa shape index (κ2) is 4.63. The summed E-state index contributed by atoms with van der Waals surface area (Å²) >= 11 is 3.27. The fraction of sp³-hybridized carbons (Fsp3) is 0.400. The molecule has 13 heavy (non-hydrogen) atoms. The van der Waals surface area contributed by atoms with Crippen LogP contribution in [0.1, 0.15) is 18.9 Å². The van der Waals surface area contributed by atoms with Gasteiger partial charge in [0, 0.05) is 4.47 Å². The van der Waals surface area contributed by atoms with Crippen molar-refractivity contribution in [3.05, 3.63) is 28.2 Å². The maximum Gasteiger partial charge on any atom is 0.119 e. The highest BCUT2D eigenvalue weighted by atomic mass is 79.9. The van der Waals surface area contributed by atoms with E-state index in [1.165, 1.54) is 0 Å². The van der Waals surface area contributed by atoms with Crippen LogP contribution in [-0.2, 0) is 6.42 Å². The average Bonchev–Trinajstić information content (AvgIpc) is 2.02. The largest absolute Gasteiger partial charge is 0.508 e. The molecule has 0 unspecified atom stereocenters. The molecule has 0 fully saturated rings. The number of hydrogen-bond donors (Lipinski definition) is 2. The van der Waals surface area contributed by atoms with E-state index in [0.29, 0.717) is 12.8 Å². The molecule has 2 nitrogen and oxygen atoms in total. The maximum absolute atomic E-state index is 9.49. The molecule has 0 heterocycles. The van der Waals surface area contributed by atoms with E-state index >= 15 is 0 Å². The van der Waals surface area contributed by atoms with Gasteiger partial charge in [-0.1, -0.05) is 22.0 Å². The summed E-state index contributed by atoms with van der Waals surface area (Å²) in [7, 11) is 0. The van der Waals surface area contributed by atoms with Crippen molar-refractivity contribution in [2.75, 3.05) is 0 Å². The molecule has 0 aliphatic heterocycles. The predicted molar refractivity (Wildman–Crippen MR) is 55.8 cm³/mol. The molecule has 1 rings (SSSR count). The second-order valence-corrected chi connectivity index (χ2v) is 4.08. The lowest BCUT2D eigenvalue weighted by molar-refractivity contribution is 0.184. The number of aliphatic hydroxyl groups is 1. The van der Waals surface area contributed by atoms with Crippen LogP contribution in [0.3, 0.4) is 0 Å². The molecule has 1 aromatic rings. The van der Waals surface area contributed by atoms with Gasteiger partial charge in [-0.25, -0.2) is 0 Å². The van der Waals surface area contributed by atoms with Crippen molar-refractivity contribution in [3.63, 3.8) is 0 Å². The fourth-order valence-electron chi connectivity index (χ4n) is 1.11. The molecule has 0 aliphatic carbocycles. The van der Waals surface area contributed by atoms with Crippen LogP contribution in [0, 0.1) is 0 Å². The number of phenols is 1. The number of halogens is 1. The van der Waals surface area contributed by atoms with Gasteiger partial charge in [0.15, 0.2) is 0 Å². The van der Waals surface area contributed by atoms with Gasteiger partial charge in [-0.2, -0.15) is 0 Å². The summed E-state index contributed by atoms with van der Waals surface area (Å²) in [6.45, 7) is 1.75. The Bertz CT molecular complexity index is 284. The van der Waals surface area contributed by atoms with E-state index in [-0.39, 0.29) is 11.9 Å². The smallest absolute Gasteiger partial charge is 0.119 e. The van der Waals surface area contributed by atoms with Crippen molar-refractivity contribution in [1.82, 2.24) is 0 Å². The lowest BCUT2D eigenvalue weighted by atomic mass is 10.1. The molecule has 0 spiro atoms. The standard InChI is InChI=1S/C10H13BrO2/c1-7(12)2-3-8-4-5-9(11)6-10(8)13/h4-7,12-13H,2-3H2,1H3/t7-/m0/s1. The summed E-state index contributed by atoms with van der Waals surface area (Å²) in [5.74, 6) is 0.287. The van der Waals surface area contributed by atoms with Crippen molar-refractivity contribution >= 4 is 15.9 Å². The Hall–Kier alpha value is -0.540. The molecule has 0 saturated carbocycles. The van der Waals surface area contributed by atoms with E-state index < -0.39 is 0 Å². The SMILES string of the molecule is C[C@H](O)CCc1ccc(Br)cc1O. The minimum atomic E-state index is -0.317. The van der Waals surface area contributed by atoms with E-state index in [1.807, 2.05) is 12.1 Å². The lowest BCUT2D eigenvalue weighted by Crippen LogP contribution is -2.01. The quantitative estimate of drug-likeness (QED) is 0.858. The van der Waals surface area contributed by atoms with Gasteiger partial charge in [0.1, 0.15) is 5.75 Å². The monoisotopic (exact) mass is 244 g/mol. The summed E-state index contributed by atoms with van der Waals surface area (Å²) in [4.78, 5) is 0. The maximum atomic E-state index is 9.49. The first-order valence-corrected chi connectivity index (χ1v) is 5.04. The van der Waals surface area contributed by atoms with Gasteiger partial charge in [-0.15, -0.1) is 0 Å². The highest BCUT2D eigenvalue weighted by Gasteiger charge is 2.03. The third-order valence-corrected chi connectivity index (χ3v) is 2.37. The second-order valence-electron chi connectivity index (χ2n) is 3.16. The topological polar surface area (TPSA) is 40.5 Å². The highest BCUT2D eigenvalue weighted by Crippen LogP contribution is 2.23. The first-order chi connectivity index (χ1) is 6.09. The summed E-state index contributed by atoms with van der Waals surface area (Å²) < 4.78 is 0.866. The van der Waals surface area contributed by atoms with Gasteiger partial charge in [0.2, 0.25) is 0 Å². The number of aromatic hydroxyl groups is 1. The van der Waals surface area contributed by atoms with Crippen LogP contribution in [0.5, 0.6) is 5.75 Å². The molecule has 0 bridgehead atoms. The molecule has 0 aromatic heterocycles. The first-order valence-electron chi connectivity index (χ1n) is 4.25. The zero-order chi connectivity index (χ0) is 9.84. The third-order valence-electron chi connectivity index (χ3n) is 1.88. The van der Waals surface area contributed by atoms with Crippen molar-refractivity contribution in [1.29, 1.82) is 0 Å². The molecule has 2 N–H and O–H groups in total. The van der Waals surface area contributed by atoms with Gasteiger partial charge in [-0.05, 0) is 37.5 Å². The van der Waals surface area contributed by atoms with E-state index in [0.717, 1.165) is 10.0 Å². The average molecular weight is 245 g/mol. The number of rotatable bonds is 3. The van der Waals surface area contributed by atoms with Gasteiger partial charge in [0.25, 0.3) is 0 Å². The van der Waals surface area contributed by atoms with Crippen molar-refractivity contribution in [2.45, 2.75) is 25.9 Å². The minimum Gasteiger partial charge on any atom is -0.508 e. The zero-order valence-corrected chi connectivity index (χ0v) is 9.08. The molecule has 1 aromatic carbocycles. The van der Waals surface area contributed by atoms with E-state index in [9.17, 15) is 5.11 Å². The Morgan fingerprint density at radius 2 is 2.15 bits per heavy atom. The number of aliphatic hydroxyl groups excluding tert-OH is 1. The molecular weight excluding hydrogens is 232 g/mol. The van der Waals surface area contributed by atoms with Gasteiger partial charge in [-0.3, -0.25) is 0 Å². The van der Waals surface area contributed by atoms with Crippen LogP contribution >= 0.6 is 15.9 Å². The molecule has 0 saturated heterocycles. The van der Waals surface area contributed by atoms with Gasteiger partial charge < -0.3 is 10.2 Å². The zero-order valence-electron chi connectivity index (χ0n) is 7.50. The first kappa shape index (κ1) is 10.5. The van der Waals surface area contributed by atoms with Crippen LogP contribution in [-0.4, -0.2) is 16.3 Å². The molecule has 0 amide bonds. The van der Waals surface area contributed by atoms with E-state index in [2.05, 4.69) is 15.9 Å². The Labute approximate surface area is 86.3 Å². The molecule has 0 aliphatic rings. The van der Waals surface area contributed by atoms with E-state index in [4.69, 9.17) is 5.11 Å². The number of benzene rings is 1. The predicted octanol–water partition coefficient (Wildman–Crippen LogP) is 2.47. The number of hydrogen-bond acceptors (Lipinski definition) is 2. The van der Waals surface area contributed by atoms with Gasteiger partial charge >= 0.3 is 0 Å². The Morgan fingerprint density at radius 3 is 2.69 bits per heavy atom. The molecule has 72 valence electrons. The van der Waals surface area contributed by atoms with E-state index in [1.54, 1.807) is 13.0 Å². The normalized spacial score (nSPS) is 12.8. The van der Waals surface area contributed by atoms with Crippen LogP contribution in [0.2, 0.25) is 0 Å².